The Labute approximate surface area is 165 Å². The number of hydrogen-bond donors (Lipinski definition) is 5. The average molecular weight is 399 g/mol. The first-order valence-electron chi connectivity index (χ1n) is 8.96. The van der Waals surface area contributed by atoms with Crippen molar-refractivity contribution in [3.8, 4) is 0 Å². The van der Waals surface area contributed by atoms with Crippen molar-refractivity contribution in [1.29, 1.82) is 0 Å². The zero-order chi connectivity index (χ0) is 20.5. The third-order valence-corrected chi connectivity index (χ3v) is 4.66. The summed E-state index contributed by atoms with van der Waals surface area (Å²) >= 11 is 0. The molecule has 11 heteroatoms. The van der Waals surface area contributed by atoms with Crippen LogP contribution in [0.3, 0.4) is 0 Å². The zero-order valence-electron chi connectivity index (χ0n) is 15.5. The van der Waals surface area contributed by atoms with Gasteiger partial charge in [-0.3, -0.25) is 4.57 Å². The van der Waals surface area contributed by atoms with Crippen molar-refractivity contribution in [3.63, 3.8) is 0 Å². The molecule has 4 unspecified atom stereocenters. The van der Waals surface area contributed by atoms with Crippen LogP contribution in [0.4, 0.5) is 11.8 Å². The second kappa shape index (κ2) is 7.72. The Kier molecular flexibility index (Phi) is 5.11. The molecule has 1 aliphatic heterocycles. The molecule has 29 heavy (non-hydrogen) atoms. The number of aliphatic hydroxyl groups is 3. The van der Waals surface area contributed by atoms with E-state index < -0.39 is 31.1 Å². The lowest BCUT2D eigenvalue weighted by atomic mass is 10.1. The van der Waals surface area contributed by atoms with Crippen LogP contribution in [0.1, 0.15) is 17.4 Å². The second-order valence-corrected chi connectivity index (χ2v) is 6.77. The van der Waals surface area contributed by atoms with E-state index >= 15 is 0 Å². The van der Waals surface area contributed by atoms with E-state index in [9.17, 15) is 15.3 Å². The molecular formula is C18H21N7O4. The maximum Gasteiger partial charge on any atom is 0.247 e. The number of anilines is 2. The molecule has 0 aliphatic carbocycles. The monoisotopic (exact) mass is 399 g/mol. The number of nitrogens with two attached hydrogens (primary N) is 1. The van der Waals surface area contributed by atoms with Gasteiger partial charge in [-0.2, -0.15) is 15.1 Å². The van der Waals surface area contributed by atoms with Crippen molar-refractivity contribution in [2.75, 3.05) is 17.8 Å². The first kappa shape index (κ1) is 19.2. The Morgan fingerprint density at radius 3 is 2.86 bits per heavy atom. The molecule has 4 atom stereocenters. The van der Waals surface area contributed by atoms with Crippen LogP contribution in [-0.4, -0.2) is 66.0 Å². The van der Waals surface area contributed by atoms with Crippen LogP contribution in [0, 0.1) is 6.92 Å². The van der Waals surface area contributed by atoms with Gasteiger partial charge in [-0.05, 0) is 12.5 Å². The number of fused-ring (bicyclic) bond motifs is 1. The van der Waals surface area contributed by atoms with Gasteiger partial charge in [0.1, 0.15) is 23.8 Å². The lowest BCUT2D eigenvalue weighted by molar-refractivity contribution is -0.0511. The van der Waals surface area contributed by atoms with Crippen molar-refractivity contribution in [2.24, 2.45) is 5.10 Å². The van der Waals surface area contributed by atoms with Gasteiger partial charge in [0.2, 0.25) is 5.95 Å². The maximum absolute atomic E-state index is 10.3. The highest BCUT2D eigenvalue weighted by Crippen LogP contribution is 2.32. The van der Waals surface area contributed by atoms with Gasteiger partial charge in [0.15, 0.2) is 17.7 Å². The number of hydrogen-bond acceptors (Lipinski definition) is 10. The van der Waals surface area contributed by atoms with Crippen LogP contribution in [0.15, 0.2) is 35.7 Å². The highest BCUT2D eigenvalue weighted by atomic mass is 16.6. The molecule has 3 heterocycles. The summed E-state index contributed by atoms with van der Waals surface area (Å²) in [4.78, 5) is 12.6. The number of nitrogen functional groups attached to an aromatic ring is 1. The summed E-state index contributed by atoms with van der Waals surface area (Å²) in [5, 5.41) is 33.7. The number of aliphatic hydroxyl groups excluding tert-OH is 3. The maximum atomic E-state index is 10.3. The molecule has 0 radical (unpaired) electrons. The van der Waals surface area contributed by atoms with Crippen molar-refractivity contribution in [3.05, 3.63) is 41.7 Å². The van der Waals surface area contributed by atoms with Crippen LogP contribution in [0.2, 0.25) is 0 Å². The van der Waals surface area contributed by atoms with Crippen LogP contribution in [-0.2, 0) is 4.74 Å². The predicted octanol–water partition coefficient (Wildman–Crippen LogP) is -0.226. The summed E-state index contributed by atoms with van der Waals surface area (Å²) in [5.41, 5.74) is 11.3. The van der Waals surface area contributed by atoms with E-state index in [0.29, 0.717) is 11.2 Å². The predicted molar refractivity (Wildman–Crippen MR) is 105 cm³/mol. The van der Waals surface area contributed by atoms with Crippen LogP contribution >= 0.6 is 0 Å². The number of aryl methyl sites for hydroxylation is 1. The molecule has 0 spiro atoms. The summed E-state index contributed by atoms with van der Waals surface area (Å²) < 4.78 is 6.98. The topological polar surface area (TPSA) is 164 Å². The fraction of sp³-hybridized carbons (Fsp3) is 0.333. The molecule has 11 nitrogen and oxygen atoms in total. The first-order valence-corrected chi connectivity index (χ1v) is 8.96. The summed E-state index contributed by atoms with van der Waals surface area (Å²) in [6.45, 7) is 1.56. The zero-order valence-corrected chi connectivity index (χ0v) is 15.5. The van der Waals surface area contributed by atoms with Crippen molar-refractivity contribution < 1.29 is 20.1 Å². The molecule has 1 fully saturated rings. The van der Waals surface area contributed by atoms with Gasteiger partial charge in [0, 0.05) is 0 Å². The molecule has 3 aromatic rings. The standard InChI is InChI=1S/C18H21N7O4/c1-9-3-2-4-10(5-9)6-21-24-18-22-15(19)12-16(23-18)25(8-20-12)17-14(28)13(27)11(7-26)29-17/h2-6,8,11,13-14,17,26-28H,7H2,1H3,(H3,19,22,23,24)/b21-6+. The molecule has 2 aromatic heterocycles. The largest absolute Gasteiger partial charge is 0.394 e. The molecule has 0 bridgehead atoms. The van der Waals surface area contributed by atoms with E-state index in [1.54, 1.807) is 6.21 Å². The number of rotatable bonds is 5. The average Bonchev–Trinajstić information content (AvgIpc) is 3.24. The number of hydrazone groups is 1. The molecule has 6 N–H and O–H groups in total. The van der Waals surface area contributed by atoms with E-state index in [1.165, 1.54) is 10.9 Å². The minimum absolute atomic E-state index is 0.119. The van der Waals surface area contributed by atoms with Gasteiger partial charge >= 0.3 is 0 Å². The summed E-state index contributed by atoms with van der Waals surface area (Å²) in [6.07, 6.45) is -1.39. The number of nitrogens with one attached hydrogen (secondary N) is 1. The second-order valence-electron chi connectivity index (χ2n) is 6.77. The summed E-state index contributed by atoms with van der Waals surface area (Å²) in [7, 11) is 0. The van der Waals surface area contributed by atoms with E-state index in [2.05, 4.69) is 25.5 Å². The quantitative estimate of drug-likeness (QED) is 0.288. The van der Waals surface area contributed by atoms with E-state index in [-0.39, 0.29) is 11.8 Å². The number of imidazole rings is 1. The molecular weight excluding hydrogens is 378 g/mol. The normalized spacial score (nSPS) is 24.6. The van der Waals surface area contributed by atoms with E-state index in [4.69, 9.17) is 10.5 Å². The minimum Gasteiger partial charge on any atom is -0.394 e. The lowest BCUT2D eigenvalue weighted by Gasteiger charge is -2.16. The molecule has 1 aliphatic rings. The van der Waals surface area contributed by atoms with E-state index in [1.807, 2.05) is 31.2 Å². The Morgan fingerprint density at radius 2 is 2.14 bits per heavy atom. The molecule has 1 aromatic carbocycles. The summed E-state index contributed by atoms with van der Waals surface area (Å²) in [5.74, 6) is 0.251. The summed E-state index contributed by atoms with van der Waals surface area (Å²) in [6, 6.07) is 7.80. The number of nitrogens with zero attached hydrogens (tertiary/aromatic N) is 5. The van der Waals surface area contributed by atoms with E-state index in [0.717, 1.165) is 11.1 Å². The van der Waals surface area contributed by atoms with Gasteiger partial charge in [-0.25, -0.2) is 10.4 Å². The molecule has 4 rings (SSSR count). The molecule has 1 saturated heterocycles. The number of benzene rings is 1. The van der Waals surface area contributed by atoms with Crippen molar-refractivity contribution in [1.82, 2.24) is 19.5 Å². The van der Waals surface area contributed by atoms with Gasteiger partial charge in [-0.15, -0.1) is 0 Å². The van der Waals surface area contributed by atoms with Gasteiger partial charge in [0.25, 0.3) is 0 Å². The smallest absolute Gasteiger partial charge is 0.247 e. The highest BCUT2D eigenvalue weighted by Gasteiger charge is 2.44. The Bertz CT molecular complexity index is 1050. The van der Waals surface area contributed by atoms with Crippen molar-refractivity contribution >= 4 is 29.1 Å². The highest BCUT2D eigenvalue weighted by molar-refractivity contribution is 5.83. The third kappa shape index (κ3) is 3.63. The van der Waals surface area contributed by atoms with Crippen LogP contribution < -0.4 is 11.2 Å². The molecule has 0 saturated carbocycles. The number of ether oxygens (including phenoxy) is 1. The Morgan fingerprint density at radius 1 is 1.31 bits per heavy atom. The molecule has 0 amide bonds. The van der Waals surface area contributed by atoms with Crippen LogP contribution in [0.5, 0.6) is 0 Å². The van der Waals surface area contributed by atoms with Gasteiger partial charge in [0.05, 0.1) is 19.1 Å². The van der Waals surface area contributed by atoms with Gasteiger partial charge in [-0.1, -0.05) is 29.8 Å². The fourth-order valence-corrected chi connectivity index (χ4v) is 3.20. The van der Waals surface area contributed by atoms with Gasteiger partial charge < -0.3 is 25.8 Å². The third-order valence-electron chi connectivity index (χ3n) is 4.66. The Hall–Kier alpha value is -3.12. The SMILES string of the molecule is Cc1cccc(/C=N/Nc2nc(N)c3ncn(C4OC(CO)C(O)C4O)c3n2)c1. The lowest BCUT2D eigenvalue weighted by Crippen LogP contribution is -2.33. The first-order chi connectivity index (χ1) is 14.0. The van der Waals surface area contributed by atoms with Crippen LogP contribution in [0.25, 0.3) is 11.2 Å². The van der Waals surface area contributed by atoms with Crippen molar-refractivity contribution in [2.45, 2.75) is 31.5 Å². The Balaban J connectivity index is 1.62. The fourth-order valence-electron chi connectivity index (χ4n) is 3.20. The minimum atomic E-state index is -1.27. The molecule has 152 valence electrons. The number of aromatic nitrogens is 4.